The molecule has 0 saturated carbocycles. The number of ether oxygens (including phenoxy) is 1. The average Bonchev–Trinajstić information content (AvgIpc) is 2.73. The quantitative estimate of drug-likeness (QED) is 0.406. The summed E-state index contributed by atoms with van der Waals surface area (Å²) in [4.78, 5) is 14.7. The summed E-state index contributed by atoms with van der Waals surface area (Å²) in [6.07, 6.45) is 0.890. The molecule has 0 saturated heterocycles. The van der Waals surface area contributed by atoms with E-state index in [4.69, 9.17) is 16.3 Å². The van der Waals surface area contributed by atoms with Crippen molar-refractivity contribution in [2.45, 2.75) is 25.5 Å². The first-order chi connectivity index (χ1) is 14.0. The Morgan fingerprint density at radius 1 is 1.14 bits per heavy atom. The molecule has 1 aliphatic rings. The number of aryl methyl sites for hydroxylation is 1. The van der Waals surface area contributed by atoms with E-state index in [0.717, 1.165) is 16.7 Å². The Kier molecular flexibility index (Phi) is 5.88. The van der Waals surface area contributed by atoms with Crippen molar-refractivity contribution >= 4 is 39.3 Å². The predicted octanol–water partition coefficient (Wildman–Crippen LogP) is 7.07. The molecule has 0 aromatic heterocycles. The highest BCUT2D eigenvalue weighted by Crippen LogP contribution is 2.41. The lowest BCUT2D eigenvalue weighted by Gasteiger charge is -2.37. The fourth-order valence-corrected chi connectivity index (χ4v) is 4.22. The Balaban J connectivity index is 1.70. The lowest BCUT2D eigenvalue weighted by molar-refractivity contribution is 0.143. The number of amides is 1. The number of rotatable bonds is 3. The van der Waals surface area contributed by atoms with Crippen LogP contribution >= 0.6 is 27.5 Å². The van der Waals surface area contributed by atoms with Gasteiger partial charge in [0, 0.05) is 5.02 Å². The molecule has 1 heterocycles. The van der Waals surface area contributed by atoms with E-state index >= 15 is 0 Å². The average molecular weight is 475 g/mol. The van der Waals surface area contributed by atoms with Gasteiger partial charge in [-0.3, -0.25) is 4.90 Å². The van der Waals surface area contributed by atoms with Gasteiger partial charge in [0.1, 0.15) is 12.4 Å². The number of nitrogens with zero attached hydrogens (tertiary/aromatic N) is 1. The Labute approximate surface area is 182 Å². The molecular formula is C23H18BrClFNO2. The maximum Gasteiger partial charge on any atom is 0.415 e. The van der Waals surface area contributed by atoms with E-state index in [2.05, 4.69) is 15.9 Å². The summed E-state index contributed by atoms with van der Waals surface area (Å²) >= 11 is 9.41. The largest absolute Gasteiger partial charge is 0.444 e. The van der Waals surface area contributed by atoms with Crippen molar-refractivity contribution in [1.82, 2.24) is 0 Å². The Hall–Kier alpha value is -2.37. The van der Waals surface area contributed by atoms with Gasteiger partial charge in [-0.2, -0.15) is 0 Å². The molecule has 3 nitrogen and oxygen atoms in total. The molecule has 6 heteroatoms. The zero-order valence-electron chi connectivity index (χ0n) is 15.4. The maximum atomic E-state index is 14.3. The van der Waals surface area contributed by atoms with Crippen LogP contribution in [0.4, 0.5) is 14.9 Å². The highest BCUT2D eigenvalue weighted by Gasteiger charge is 2.34. The molecule has 1 aliphatic heterocycles. The third kappa shape index (κ3) is 4.31. The molecular weight excluding hydrogens is 457 g/mol. The van der Waals surface area contributed by atoms with Crippen molar-refractivity contribution < 1.29 is 13.9 Å². The van der Waals surface area contributed by atoms with Crippen LogP contribution in [0.2, 0.25) is 5.02 Å². The van der Waals surface area contributed by atoms with E-state index in [9.17, 15) is 9.18 Å². The molecule has 0 radical (unpaired) electrons. The van der Waals surface area contributed by atoms with Crippen molar-refractivity contribution in [2.24, 2.45) is 0 Å². The number of anilines is 1. The van der Waals surface area contributed by atoms with Crippen molar-refractivity contribution in [3.8, 4) is 0 Å². The third-order valence-electron chi connectivity index (χ3n) is 5.02. The zero-order valence-corrected chi connectivity index (χ0v) is 17.8. The second-order valence-corrected chi connectivity index (χ2v) is 8.21. The number of fused-ring (bicyclic) bond motifs is 1. The van der Waals surface area contributed by atoms with Gasteiger partial charge in [0.15, 0.2) is 0 Å². The van der Waals surface area contributed by atoms with E-state index < -0.39 is 11.9 Å². The van der Waals surface area contributed by atoms with Gasteiger partial charge in [-0.05, 0) is 69.7 Å². The second-order valence-electron chi connectivity index (χ2n) is 6.91. The van der Waals surface area contributed by atoms with Crippen LogP contribution in [0.15, 0.2) is 71.2 Å². The van der Waals surface area contributed by atoms with Crippen molar-refractivity contribution in [3.63, 3.8) is 0 Å². The van der Waals surface area contributed by atoms with Crippen LogP contribution < -0.4 is 4.90 Å². The summed E-state index contributed by atoms with van der Waals surface area (Å²) in [5, 5.41) is 0.591. The van der Waals surface area contributed by atoms with E-state index in [1.54, 1.807) is 17.0 Å². The summed E-state index contributed by atoms with van der Waals surface area (Å²) in [5.74, 6) is -0.420. The van der Waals surface area contributed by atoms with Crippen LogP contribution in [0.1, 0.15) is 29.2 Å². The normalized spacial score (nSPS) is 15.7. The van der Waals surface area contributed by atoms with Crippen molar-refractivity contribution in [3.05, 3.63) is 98.7 Å². The van der Waals surface area contributed by atoms with Crippen LogP contribution in [0, 0.1) is 5.82 Å². The molecule has 148 valence electrons. The van der Waals surface area contributed by atoms with Crippen molar-refractivity contribution in [1.29, 1.82) is 0 Å². The van der Waals surface area contributed by atoms with Crippen LogP contribution in [-0.4, -0.2) is 6.09 Å². The van der Waals surface area contributed by atoms with Gasteiger partial charge in [-0.1, -0.05) is 54.1 Å². The van der Waals surface area contributed by atoms with Crippen molar-refractivity contribution in [2.75, 3.05) is 4.90 Å². The Morgan fingerprint density at radius 3 is 2.69 bits per heavy atom. The summed E-state index contributed by atoms with van der Waals surface area (Å²) in [5.41, 5.74) is 3.20. The second kappa shape index (κ2) is 8.56. The van der Waals surface area contributed by atoms with Crippen LogP contribution in [0.3, 0.4) is 0 Å². The maximum absolute atomic E-state index is 14.3. The van der Waals surface area contributed by atoms with Crippen LogP contribution in [-0.2, 0) is 17.8 Å². The van der Waals surface area contributed by atoms with Crippen LogP contribution in [0.25, 0.3) is 0 Å². The first-order valence-corrected chi connectivity index (χ1v) is 10.4. The number of benzene rings is 3. The number of hydrogen-bond acceptors (Lipinski definition) is 2. The minimum absolute atomic E-state index is 0.146. The third-order valence-corrected chi connectivity index (χ3v) is 5.86. The number of carbonyl (C=O) groups excluding carboxylic acids is 1. The smallest absolute Gasteiger partial charge is 0.415 e. The minimum atomic E-state index is -0.512. The number of carbonyl (C=O) groups is 1. The monoisotopic (exact) mass is 473 g/mol. The Morgan fingerprint density at radius 2 is 1.93 bits per heavy atom. The van der Waals surface area contributed by atoms with Gasteiger partial charge >= 0.3 is 6.09 Å². The molecule has 4 rings (SSSR count). The zero-order chi connectivity index (χ0) is 20.4. The Bertz CT molecular complexity index is 1040. The lowest BCUT2D eigenvalue weighted by atomic mass is 9.91. The summed E-state index contributed by atoms with van der Waals surface area (Å²) < 4.78 is 20.3. The molecule has 1 atom stereocenters. The highest BCUT2D eigenvalue weighted by molar-refractivity contribution is 9.10. The summed E-state index contributed by atoms with van der Waals surface area (Å²) in [6.45, 7) is 0.146. The van der Waals surface area contributed by atoms with Gasteiger partial charge in [-0.25, -0.2) is 9.18 Å². The molecule has 1 unspecified atom stereocenters. The molecule has 0 N–H and O–H groups in total. The van der Waals surface area contributed by atoms with Gasteiger partial charge in [0.25, 0.3) is 0 Å². The predicted molar refractivity (Wildman–Crippen MR) is 116 cm³/mol. The molecule has 0 bridgehead atoms. The standard InChI is InChI=1S/C23H18BrClFNO2/c24-19-12-17-9-10-21(16-7-4-8-18(25)11-16)27(22(17)13-20(19)26)23(28)29-14-15-5-2-1-3-6-15/h1-8,11-13,21H,9-10,14H2. The summed E-state index contributed by atoms with van der Waals surface area (Å²) in [6, 6.07) is 19.7. The molecule has 0 fully saturated rings. The fourth-order valence-electron chi connectivity index (χ4n) is 3.64. The van der Waals surface area contributed by atoms with Gasteiger partial charge in [-0.15, -0.1) is 0 Å². The first kappa shape index (κ1) is 19.9. The van der Waals surface area contributed by atoms with Gasteiger partial charge in [0.2, 0.25) is 0 Å². The number of halogens is 3. The van der Waals surface area contributed by atoms with Gasteiger partial charge < -0.3 is 4.74 Å². The minimum Gasteiger partial charge on any atom is -0.444 e. The first-order valence-electron chi connectivity index (χ1n) is 9.26. The molecule has 0 aliphatic carbocycles. The van der Waals surface area contributed by atoms with Crippen LogP contribution in [0.5, 0.6) is 0 Å². The highest BCUT2D eigenvalue weighted by atomic mass is 79.9. The molecule has 29 heavy (non-hydrogen) atoms. The van der Waals surface area contributed by atoms with Gasteiger partial charge in [0.05, 0.1) is 16.2 Å². The van der Waals surface area contributed by atoms with E-state index in [1.165, 1.54) is 6.07 Å². The fraction of sp³-hybridized carbons (Fsp3) is 0.174. The molecule has 3 aromatic carbocycles. The van der Waals surface area contributed by atoms with E-state index in [1.807, 2.05) is 48.5 Å². The summed E-state index contributed by atoms with van der Waals surface area (Å²) in [7, 11) is 0. The SMILES string of the molecule is O=C(OCc1ccccc1)N1c2cc(F)c(Br)cc2CCC1c1cccc(Cl)c1. The lowest BCUT2D eigenvalue weighted by Crippen LogP contribution is -2.39. The molecule has 1 amide bonds. The number of hydrogen-bond donors (Lipinski definition) is 0. The van der Waals surface area contributed by atoms with E-state index in [-0.39, 0.29) is 12.6 Å². The van der Waals surface area contributed by atoms with E-state index in [0.29, 0.717) is 28.0 Å². The topological polar surface area (TPSA) is 29.5 Å². The molecule has 3 aromatic rings. The molecule has 0 spiro atoms.